The third-order valence-corrected chi connectivity index (χ3v) is 4.39. The highest BCUT2D eigenvalue weighted by molar-refractivity contribution is 5.67. The Labute approximate surface area is 139 Å². The Hall–Kier alpha value is -2.81. The zero-order valence-corrected chi connectivity index (χ0v) is 13.1. The van der Waals surface area contributed by atoms with Crippen molar-refractivity contribution in [3.8, 4) is 17.6 Å². The van der Waals surface area contributed by atoms with Gasteiger partial charge >= 0.3 is 5.97 Å². The molecule has 0 amide bonds. The highest BCUT2D eigenvalue weighted by atomic mass is 16.5. The number of carbonyl (C=O) groups is 1. The summed E-state index contributed by atoms with van der Waals surface area (Å²) in [5, 5.41) is 22.6. The van der Waals surface area contributed by atoms with Crippen molar-refractivity contribution >= 4 is 5.97 Å². The van der Waals surface area contributed by atoms with Crippen LogP contribution in [0.1, 0.15) is 54.5 Å². The molecule has 24 heavy (non-hydrogen) atoms. The van der Waals surface area contributed by atoms with Crippen LogP contribution < -0.4 is 4.74 Å². The Kier molecular flexibility index (Phi) is 3.49. The summed E-state index contributed by atoms with van der Waals surface area (Å²) in [6.07, 6.45) is 4.22. The van der Waals surface area contributed by atoms with E-state index in [1.54, 1.807) is 28.9 Å². The predicted octanol–water partition coefficient (Wildman–Crippen LogP) is 3.39. The summed E-state index contributed by atoms with van der Waals surface area (Å²) < 4.78 is 7.72. The van der Waals surface area contributed by atoms with Gasteiger partial charge in [-0.25, -0.2) is 0 Å². The third-order valence-electron chi connectivity index (χ3n) is 4.39. The van der Waals surface area contributed by atoms with Crippen LogP contribution in [0.3, 0.4) is 0 Å². The number of benzene rings is 1. The van der Waals surface area contributed by atoms with Crippen molar-refractivity contribution in [3.05, 3.63) is 41.2 Å². The van der Waals surface area contributed by atoms with Gasteiger partial charge in [0.25, 0.3) is 0 Å². The maximum Gasteiger partial charge on any atom is 0.325 e. The van der Waals surface area contributed by atoms with Crippen molar-refractivity contribution in [3.63, 3.8) is 0 Å². The number of ether oxygens (including phenoxy) is 1. The number of hydrogen-bond acceptors (Lipinski definition) is 4. The van der Waals surface area contributed by atoms with E-state index < -0.39 is 5.97 Å². The number of rotatable bonds is 6. The molecular formula is C18H17N3O3. The molecule has 122 valence electrons. The van der Waals surface area contributed by atoms with Gasteiger partial charge in [-0.1, -0.05) is 0 Å². The summed E-state index contributed by atoms with van der Waals surface area (Å²) in [4.78, 5) is 11.2. The lowest BCUT2D eigenvalue weighted by molar-refractivity contribution is -0.137. The Morgan fingerprint density at radius 1 is 1.25 bits per heavy atom. The second-order valence-electron chi connectivity index (χ2n) is 6.44. The molecule has 2 aliphatic rings. The lowest BCUT2D eigenvalue weighted by Gasteiger charge is -2.09. The Morgan fingerprint density at radius 3 is 2.46 bits per heavy atom. The molecule has 6 nitrogen and oxygen atoms in total. The second-order valence-corrected chi connectivity index (χ2v) is 6.44. The van der Waals surface area contributed by atoms with E-state index in [2.05, 4.69) is 11.2 Å². The van der Waals surface area contributed by atoms with E-state index in [1.165, 1.54) is 0 Å². The molecule has 0 atom stereocenters. The molecule has 4 rings (SSSR count). The van der Waals surface area contributed by atoms with Crippen molar-refractivity contribution in [1.29, 1.82) is 5.26 Å². The van der Waals surface area contributed by atoms with Crippen LogP contribution in [0.15, 0.2) is 24.3 Å². The van der Waals surface area contributed by atoms with Crippen LogP contribution in [0, 0.1) is 11.3 Å². The molecule has 1 aromatic heterocycles. The van der Waals surface area contributed by atoms with E-state index >= 15 is 0 Å². The van der Waals surface area contributed by atoms with Crippen molar-refractivity contribution in [2.75, 3.05) is 0 Å². The highest BCUT2D eigenvalue weighted by Crippen LogP contribution is 2.51. The summed E-state index contributed by atoms with van der Waals surface area (Å²) in [5.74, 6) is 1.17. The van der Waals surface area contributed by atoms with Crippen LogP contribution in [-0.4, -0.2) is 20.9 Å². The largest absolute Gasteiger partial charge is 0.480 e. The molecule has 0 saturated heterocycles. The first-order chi connectivity index (χ1) is 11.7. The molecule has 0 aliphatic heterocycles. The summed E-state index contributed by atoms with van der Waals surface area (Å²) in [6.45, 7) is -0.137. The van der Waals surface area contributed by atoms with Crippen LogP contribution in [0.4, 0.5) is 0 Å². The number of aromatic nitrogens is 2. The van der Waals surface area contributed by atoms with Crippen molar-refractivity contribution in [2.24, 2.45) is 0 Å². The summed E-state index contributed by atoms with van der Waals surface area (Å²) in [5.41, 5.74) is 2.36. The topological polar surface area (TPSA) is 88.1 Å². The number of carboxylic acids is 1. The fourth-order valence-electron chi connectivity index (χ4n) is 2.92. The fraction of sp³-hybridized carbons (Fsp3) is 0.389. The Bertz CT molecular complexity index is 824. The van der Waals surface area contributed by atoms with Gasteiger partial charge in [0, 0.05) is 11.8 Å². The molecule has 1 N–H and O–H groups in total. The minimum atomic E-state index is -0.897. The lowest BCUT2D eigenvalue weighted by Crippen LogP contribution is -2.13. The molecule has 2 fully saturated rings. The summed E-state index contributed by atoms with van der Waals surface area (Å²) in [7, 11) is 0. The molecule has 2 saturated carbocycles. The normalized spacial score (nSPS) is 16.6. The molecule has 0 unspecified atom stereocenters. The van der Waals surface area contributed by atoms with Gasteiger partial charge in [-0.05, 0) is 49.9 Å². The molecule has 1 heterocycles. The quantitative estimate of drug-likeness (QED) is 0.880. The predicted molar refractivity (Wildman–Crippen MR) is 85.0 cm³/mol. The van der Waals surface area contributed by atoms with Crippen LogP contribution in [0.5, 0.6) is 11.5 Å². The molecule has 0 bridgehead atoms. The molecule has 1 aromatic carbocycles. The minimum Gasteiger partial charge on any atom is -0.480 e. The number of nitriles is 1. The van der Waals surface area contributed by atoms with Crippen molar-refractivity contribution in [2.45, 2.75) is 44.1 Å². The van der Waals surface area contributed by atoms with Gasteiger partial charge in [0.15, 0.2) is 5.75 Å². The summed E-state index contributed by atoms with van der Waals surface area (Å²) >= 11 is 0. The first-order valence-electron chi connectivity index (χ1n) is 8.16. The average Bonchev–Trinajstić information content (AvgIpc) is 3.47. The smallest absolute Gasteiger partial charge is 0.325 e. The minimum absolute atomic E-state index is 0.137. The van der Waals surface area contributed by atoms with E-state index in [-0.39, 0.29) is 6.54 Å². The lowest BCUT2D eigenvalue weighted by atomic mass is 10.2. The van der Waals surface area contributed by atoms with Crippen LogP contribution >= 0.6 is 0 Å². The van der Waals surface area contributed by atoms with Crippen molar-refractivity contribution < 1.29 is 14.6 Å². The van der Waals surface area contributed by atoms with Crippen LogP contribution in [0.2, 0.25) is 0 Å². The van der Waals surface area contributed by atoms with Gasteiger partial charge in [0.1, 0.15) is 18.0 Å². The SMILES string of the molecule is N#Cc1ccc(Oc2c(C3CC3)nn(CC(=O)O)c2C2CC2)cc1. The standard InChI is InChI=1S/C18H17N3O3/c19-9-11-1-7-14(8-2-11)24-18-16(12-3-4-12)20-21(10-15(22)23)17(18)13-5-6-13/h1-2,7-8,12-13H,3-6,10H2,(H,22,23). The van der Waals surface area contributed by atoms with Gasteiger partial charge in [0.05, 0.1) is 17.3 Å². The maximum atomic E-state index is 11.2. The molecule has 0 radical (unpaired) electrons. The van der Waals surface area contributed by atoms with Gasteiger partial charge < -0.3 is 9.84 Å². The Morgan fingerprint density at radius 2 is 1.92 bits per heavy atom. The second kappa shape index (κ2) is 5.68. The van der Waals surface area contributed by atoms with E-state index in [4.69, 9.17) is 15.1 Å². The number of nitrogens with zero attached hydrogens (tertiary/aromatic N) is 3. The Balaban J connectivity index is 1.72. The third kappa shape index (κ3) is 2.85. The van der Waals surface area contributed by atoms with Gasteiger partial charge in [0.2, 0.25) is 0 Å². The molecule has 0 spiro atoms. The molecular weight excluding hydrogens is 306 g/mol. The number of hydrogen-bond donors (Lipinski definition) is 1. The monoisotopic (exact) mass is 323 g/mol. The number of aliphatic carboxylic acids is 1. The van der Waals surface area contributed by atoms with Gasteiger partial charge in [-0.2, -0.15) is 10.4 Å². The van der Waals surface area contributed by atoms with Crippen LogP contribution in [-0.2, 0) is 11.3 Å². The first kappa shape index (κ1) is 14.8. The highest BCUT2D eigenvalue weighted by Gasteiger charge is 2.38. The molecule has 6 heteroatoms. The van der Waals surface area contributed by atoms with E-state index in [0.29, 0.717) is 23.1 Å². The molecule has 2 aliphatic carbocycles. The summed E-state index contributed by atoms with van der Waals surface area (Å²) in [6, 6.07) is 9.04. The number of carboxylic acid groups (broad SMARTS) is 1. The maximum absolute atomic E-state index is 11.2. The zero-order chi connectivity index (χ0) is 16.7. The van der Waals surface area contributed by atoms with E-state index in [0.717, 1.165) is 42.8 Å². The molecule has 2 aromatic rings. The van der Waals surface area contributed by atoms with Gasteiger partial charge in [-0.3, -0.25) is 9.48 Å². The zero-order valence-electron chi connectivity index (χ0n) is 13.1. The average molecular weight is 323 g/mol. The van der Waals surface area contributed by atoms with Crippen molar-refractivity contribution in [1.82, 2.24) is 9.78 Å². The van der Waals surface area contributed by atoms with Crippen LogP contribution in [0.25, 0.3) is 0 Å². The van der Waals surface area contributed by atoms with Gasteiger partial charge in [-0.15, -0.1) is 0 Å². The van der Waals surface area contributed by atoms with E-state index in [1.807, 2.05) is 0 Å². The van der Waals surface area contributed by atoms with E-state index in [9.17, 15) is 4.79 Å². The first-order valence-corrected chi connectivity index (χ1v) is 8.16. The fourth-order valence-corrected chi connectivity index (χ4v) is 2.92.